The Kier molecular flexibility index (Phi) is 3.83. The van der Waals surface area contributed by atoms with Crippen LogP contribution < -0.4 is 5.32 Å². The van der Waals surface area contributed by atoms with Gasteiger partial charge in [0.15, 0.2) is 0 Å². The highest BCUT2D eigenvalue weighted by Gasteiger charge is 2.20. The molecule has 0 amide bonds. The lowest BCUT2D eigenvalue weighted by atomic mass is 10.1. The second-order valence-corrected chi connectivity index (χ2v) is 5.34. The minimum absolute atomic E-state index is 0.0955. The molecule has 2 rings (SSSR count). The third kappa shape index (κ3) is 2.88. The molecular weight excluding hydrogens is 238 g/mol. The van der Waals surface area contributed by atoms with Crippen LogP contribution in [0.15, 0.2) is 12.3 Å². The minimum Gasteiger partial charge on any atom is -0.364 e. The summed E-state index contributed by atoms with van der Waals surface area (Å²) in [7, 11) is 0. The van der Waals surface area contributed by atoms with Crippen LogP contribution in [0.3, 0.4) is 0 Å². The quantitative estimate of drug-likeness (QED) is 0.659. The van der Waals surface area contributed by atoms with Gasteiger partial charge in [-0.1, -0.05) is 0 Å². The fourth-order valence-corrected chi connectivity index (χ4v) is 3.18. The third-order valence-electron chi connectivity index (χ3n) is 2.89. The van der Waals surface area contributed by atoms with Crippen LogP contribution in [0.1, 0.15) is 12.0 Å². The number of aromatic nitrogens is 1. The van der Waals surface area contributed by atoms with Gasteiger partial charge in [-0.05, 0) is 36.8 Å². The van der Waals surface area contributed by atoms with E-state index >= 15 is 0 Å². The zero-order chi connectivity index (χ0) is 12.3. The number of thioether (sulfide) groups is 1. The first-order valence-electron chi connectivity index (χ1n) is 5.60. The molecule has 1 atom stereocenters. The zero-order valence-electron chi connectivity index (χ0n) is 9.68. The van der Waals surface area contributed by atoms with Gasteiger partial charge < -0.3 is 5.32 Å². The van der Waals surface area contributed by atoms with Crippen molar-refractivity contribution in [3.05, 3.63) is 27.9 Å². The van der Waals surface area contributed by atoms with Gasteiger partial charge in [-0.3, -0.25) is 10.1 Å². The van der Waals surface area contributed by atoms with Crippen LogP contribution in [-0.2, 0) is 0 Å². The molecule has 5 nitrogen and oxygen atoms in total. The van der Waals surface area contributed by atoms with Crippen molar-refractivity contribution in [2.24, 2.45) is 5.92 Å². The second-order valence-electron chi connectivity index (χ2n) is 4.19. The highest BCUT2D eigenvalue weighted by molar-refractivity contribution is 7.99. The first-order valence-corrected chi connectivity index (χ1v) is 6.75. The summed E-state index contributed by atoms with van der Waals surface area (Å²) in [5, 5.41) is 14.1. The van der Waals surface area contributed by atoms with E-state index in [1.54, 1.807) is 19.2 Å². The normalized spacial score (nSPS) is 19.2. The molecule has 0 bridgehead atoms. The Morgan fingerprint density at radius 2 is 2.53 bits per heavy atom. The number of pyridine rings is 1. The Morgan fingerprint density at radius 3 is 3.18 bits per heavy atom. The lowest BCUT2D eigenvalue weighted by Crippen LogP contribution is -2.15. The van der Waals surface area contributed by atoms with E-state index in [2.05, 4.69) is 10.3 Å². The molecule has 6 heteroatoms. The predicted molar refractivity (Wildman–Crippen MR) is 69.6 cm³/mol. The van der Waals surface area contributed by atoms with Gasteiger partial charge in [0, 0.05) is 18.3 Å². The van der Waals surface area contributed by atoms with E-state index in [9.17, 15) is 10.1 Å². The van der Waals surface area contributed by atoms with E-state index < -0.39 is 0 Å². The van der Waals surface area contributed by atoms with E-state index in [4.69, 9.17) is 0 Å². The topological polar surface area (TPSA) is 68.1 Å². The third-order valence-corrected chi connectivity index (χ3v) is 4.12. The fourth-order valence-electron chi connectivity index (χ4n) is 1.90. The average Bonchev–Trinajstić information content (AvgIpc) is 2.78. The molecule has 92 valence electrons. The van der Waals surface area contributed by atoms with Crippen molar-refractivity contribution >= 4 is 23.3 Å². The zero-order valence-corrected chi connectivity index (χ0v) is 10.5. The Hall–Kier alpha value is -1.30. The predicted octanol–water partition coefficient (Wildman–Crippen LogP) is 2.46. The molecule has 1 aliphatic rings. The molecule has 1 unspecified atom stereocenters. The molecular formula is C11H15N3O2S. The van der Waals surface area contributed by atoms with E-state index in [0.717, 1.165) is 12.3 Å². The molecule has 1 N–H and O–H groups in total. The molecule has 1 saturated heterocycles. The van der Waals surface area contributed by atoms with Gasteiger partial charge >= 0.3 is 5.69 Å². The van der Waals surface area contributed by atoms with Crippen molar-refractivity contribution < 1.29 is 4.92 Å². The van der Waals surface area contributed by atoms with E-state index in [1.165, 1.54) is 12.2 Å². The Bertz CT molecular complexity index is 419. The van der Waals surface area contributed by atoms with Gasteiger partial charge in [-0.15, -0.1) is 0 Å². The molecule has 17 heavy (non-hydrogen) atoms. The van der Waals surface area contributed by atoms with Gasteiger partial charge in [-0.2, -0.15) is 11.8 Å². The standard InChI is InChI=1S/C11H15N3O2S/c1-8-2-4-12-11(10(8)14(15)16)13-6-9-3-5-17-7-9/h2,4,9H,3,5-7H2,1H3,(H,12,13). The first kappa shape index (κ1) is 12.2. The number of nitrogens with zero attached hydrogens (tertiary/aromatic N) is 2. The van der Waals surface area contributed by atoms with Crippen molar-refractivity contribution in [2.75, 3.05) is 23.4 Å². The van der Waals surface area contributed by atoms with E-state index in [1.807, 2.05) is 11.8 Å². The van der Waals surface area contributed by atoms with Crippen molar-refractivity contribution in [2.45, 2.75) is 13.3 Å². The van der Waals surface area contributed by atoms with Crippen molar-refractivity contribution in [1.29, 1.82) is 0 Å². The van der Waals surface area contributed by atoms with Gasteiger partial charge in [0.2, 0.25) is 5.82 Å². The summed E-state index contributed by atoms with van der Waals surface area (Å²) >= 11 is 1.94. The van der Waals surface area contributed by atoms with Gasteiger partial charge in [0.05, 0.1) is 4.92 Å². The maximum Gasteiger partial charge on any atom is 0.314 e. The van der Waals surface area contributed by atoms with Gasteiger partial charge in [0.1, 0.15) is 0 Å². The summed E-state index contributed by atoms with van der Waals surface area (Å²) in [6.07, 6.45) is 2.78. The Balaban J connectivity index is 2.09. The van der Waals surface area contributed by atoms with Crippen LogP contribution in [0.4, 0.5) is 11.5 Å². The smallest absolute Gasteiger partial charge is 0.314 e. The molecule has 0 aliphatic carbocycles. The van der Waals surface area contributed by atoms with Crippen molar-refractivity contribution in [3.63, 3.8) is 0 Å². The van der Waals surface area contributed by atoms with Crippen LogP contribution in [-0.4, -0.2) is 28.0 Å². The summed E-state index contributed by atoms with van der Waals surface area (Å²) in [5.74, 6) is 3.32. The molecule has 0 spiro atoms. The summed E-state index contributed by atoms with van der Waals surface area (Å²) in [6, 6.07) is 1.66. The molecule has 1 aromatic heterocycles. The number of aryl methyl sites for hydroxylation is 1. The average molecular weight is 253 g/mol. The minimum atomic E-state index is -0.367. The molecule has 0 saturated carbocycles. The number of nitrogens with one attached hydrogen (secondary N) is 1. The first-order chi connectivity index (χ1) is 8.18. The number of nitro groups is 1. The summed E-state index contributed by atoms with van der Waals surface area (Å²) in [4.78, 5) is 14.7. The highest BCUT2D eigenvalue weighted by atomic mass is 32.2. The second kappa shape index (κ2) is 5.35. The maximum atomic E-state index is 11.0. The van der Waals surface area contributed by atoms with Gasteiger partial charge in [0.25, 0.3) is 0 Å². The molecule has 1 fully saturated rings. The van der Waals surface area contributed by atoms with E-state index in [0.29, 0.717) is 17.3 Å². The summed E-state index contributed by atoms with van der Waals surface area (Å²) < 4.78 is 0. The van der Waals surface area contributed by atoms with Crippen molar-refractivity contribution in [1.82, 2.24) is 4.98 Å². The fraction of sp³-hybridized carbons (Fsp3) is 0.545. The Labute approximate surface area is 104 Å². The number of hydrogen-bond donors (Lipinski definition) is 1. The highest BCUT2D eigenvalue weighted by Crippen LogP contribution is 2.27. The number of hydrogen-bond acceptors (Lipinski definition) is 5. The number of anilines is 1. The lowest BCUT2D eigenvalue weighted by Gasteiger charge is -2.11. The molecule has 0 aromatic carbocycles. The number of rotatable bonds is 4. The van der Waals surface area contributed by atoms with E-state index in [-0.39, 0.29) is 10.6 Å². The van der Waals surface area contributed by atoms with Crippen LogP contribution in [0.25, 0.3) is 0 Å². The van der Waals surface area contributed by atoms with Crippen molar-refractivity contribution in [3.8, 4) is 0 Å². The lowest BCUT2D eigenvalue weighted by molar-refractivity contribution is -0.384. The maximum absolute atomic E-state index is 11.0. The molecule has 1 aromatic rings. The van der Waals surface area contributed by atoms with Crippen LogP contribution >= 0.6 is 11.8 Å². The monoisotopic (exact) mass is 253 g/mol. The summed E-state index contributed by atoms with van der Waals surface area (Å²) in [5.41, 5.74) is 0.742. The Morgan fingerprint density at radius 1 is 1.71 bits per heavy atom. The van der Waals surface area contributed by atoms with Crippen LogP contribution in [0.5, 0.6) is 0 Å². The SMILES string of the molecule is Cc1ccnc(NCC2CCSC2)c1[N+](=O)[O-]. The van der Waals surface area contributed by atoms with Crippen LogP contribution in [0.2, 0.25) is 0 Å². The molecule has 1 aliphatic heterocycles. The van der Waals surface area contributed by atoms with Gasteiger partial charge in [-0.25, -0.2) is 4.98 Å². The molecule has 0 radical (unpaired) electrons. The molecule has 2 heterocycles. The largest absolute Gasteiger partial charge is 0.364 e. The van der Waals surface area contributed by atoms with Crippen LogP contribution in [0, 0.1) is 23.0 Å². The summed E-state index contributed by atoms with van der Waals surface area (Å²) in [6.45, 7) is 2.50.